The Bertz CT molecular complexity index is 1250. The topological polar surface area (TPSA) is 63.2 Å². The molecule has 3 aromatic carbocycles. The van der Waals surface area contributed by atoms with Crippen molar-refractivity contribution in [1.29, 1.82) is 0 Å². The van der Waals surface area contributed by atoms with Crippen molar-refractivity contribution in [3.8, 4) is 17.0 Å². The molecule has 0 saturated heterocycles. The van der Waals surface area contributed by atoms with Crippen LogP contribution in [0.2, 0.25) is 0 Å². The summed E-state index contributed by atoms with van der Waals surface area (Å²) in [5, 5.41) is 10.8. The number of nitrogens with zero attached hydrogens (tertiary/aromatic N) is 1. The molecule has 1 heterocycles. The van der Waals surface area contributed by atoms with Crippen LogP contribution in [-0.2, 0) is 0 Å². The van der Waals surface area contributed by atoms with Crippen LogP contribution in [0.3, 0.4) is 0 Å². The molecule has 1 aromatic heterocycles. The molecule has 1 amide bonds. The Balaban J connectivity index is 1.44. The van der Waals surface area contributed by atoms with E-state index in [1.54, 1.807) is 18.2 Å². The fourth-order valence-electron chi connectivity index (χ4n) is 3.19. The third-order valence-electron chi connectivity index (χ3n) is 4.49. The van der Waals surface area contributed by atoms with Crippen molar-refractivity contribution >= 4 is 50.5 Å². The second-order valence-electron chi connectivity index (χ2n) is 7.17. The van der Waals surface area contributed by atoms with Crippen LogP contribution < -0.4 is 15.4 Å². The van der Waals surface area contributed by atoms with Crippen LogP contribution in [0.4, 0.5) is 5.13 Å². The zero-order chi connectivity index (χ0) is 21.8. The molecule has 0 aliphatic heterocycles. The molecule has 0 saturated carbocycles. The number of thiocarbonyl (C=S) groups is 1. The van der Waals surface area contributed by atoms with Gasteiger partial charge in [-0.1, -0.05) is 48.5 Å². The number of hydrogen-bond donors (Lipinski definition) is 2. The molecular weight excluding hydrogens is 426 g/mol. The lowest BCUT2D eigenvalue weighted by Crippen LogP contribution is -2.34. The number of anilines is 1. The van der Waals surface area contributed by atoms with E-state index in [1.165, 1.54) is 11.3 Å². The van der Waals surface area contributed by atoms with Crippen molar-refractivity contribution in [2.45, 2.75) is 20.0 Å². The third kappa shape index (κ3) is 5.07. The van der Waals surface area contributed by atoms with E-state index in [0.29, 0.717) is 16.4 Å². The summed E-state index contributed by atoms with van der Waals surface area (Å²) in [6.07, 6.45) is 0.0295. The van der Waals surface area contributed by atoms with Crippen LogP contribution in [0.5, 0.6) is 5.75 Å². The molecule has 5 nitrogen and oxygen atoms in total. The van der Waals surface area contributed by atoms with Crippen LogP contribution in [0.1, 0.15) is 24.2 Å². The molecule has 0 atom stereocenters. The first kappa shape index (κ1) is 21.0. The molecular formula is C24H21N3O2S2. The Morgan fingerprint density at radius 1 is 1.06 bits per heavy atom. The maximum Gasteiger partial charge on any atom is 0.257 e. The molecule has 0 bridgehead atoms. The van der Waals surface area contributed by atoms with Crippen molar-refractivity contribution in [1.82, 2.24) is 10.3 Å². The van der Waals surface area contributed by atoms with Gasteiger partial charge in [-0.25, -0.2) is 4.98 Å². The van der Waals surface area contributed by atoms with Gasteiger partial charge >= 0.3 is 0 Å². The highest BCUT2D eigenvalue weighted by Gasteiger charge is 2.12. The maximum atomic E-state index is 12.5. The standard InChI is InChI=1S/C24H21N3O2S2/c1-15(2)29-18-10-5-9-17(13-18)22(28)26-23(30)27-24-25-21(14-31-24)20-12-6-8-16-7-3-4-11-19(16)20/h3-15H,1-2H3,(H2,25,26,27,28,30). The number of hydrogen-bond acceptors (Lipinski definition) is 5. The van der Waals surface area contributed by atoms with Crippen molar-refractivity contribution < 1.29 is 9.53 Å². The number of rotatable bonds is 5. The predicted octanol–water partition coefficient (Wildman–Crippen LogP) is 5.88. The number of thiazole rings is 1. The molecule has 156 valence electrons. The van der Waals surface area contributed by atoms with Crippen molar-refractivity contribution in [2.75, 3.05) is 5.32 Å². The van der Waals surface area contributed by atoms with E-state index in [2.05, 4.69) is 33.8 Å². The Labute approximate surface area is 190 Å². The number of carbonyl (C=O) groups is 1. The van der Waals surface area contributed by atoms with Crippen LogP contribution in [-0.4, -0.2) is 22.1 Å². The van der Waals surface area contributed by atoms with Gasteiger partial charge in [0.1, 0.15) is 5.75 Å². The summed E-state index contributed by atoms with van der Waals surface area (Å²) >= 11 is 6.74. The lowest BCUT2D eigenvalue weighted by Gasteiger charge is -2.11. The van der Waals surface area contributed by atoms with Gasteiger partial charge in [0.15, 0.2) is 10.2 Å². The number of aromatic nitrogens is 1. The van der Waals surface area contributed by atoms with Gasteiger partial charge in [-0.05, 0) is 55.0 Å². The summed E-state index contributed by atoms with van der Waals surface area (Å²) in [5.74, 6) is 0.332. The molecule has 0 radical (unpaired) electrons. The lowest BCUT2D eigenvalue weighted by molar-refractivity contribution is 0.0977. The largest absolute Gasteiger partial charge is 0.491 e. The maximum absolute atomic E-state index is 12.5. The molecule has 0 spiro atoms. The zero-order valence-electron chi connectivity index (χ0n) is 17.1. The average molecular weight is 448 g/mol. The first-order chi connectivity index (χ1) is 15.0. The number of benzene rings is 3. The number of fused-ring (bicyclic) bond motifs is 1. The first-order valence-corrected chi connectivity index (χ1v) is 11.1. The van der Waals surface area contributed by atoms with Crippen molar-refractivity contribution in [3.63, 3.8) is 0 Å². The second-order valence-corrected chi connectivity index (χ2v) is 8.43. The van der Waals surface area contributed by atoms with E-state index < -0.39 is 0 Å². The van der Waals surface area contributed by atoms with E-state index >= 15 is 0 Å². The Kier molecular flexibility index (Phi) is 6.25. The van der Waals surface area contributed by atoms with Crippen LogP contribution >= 0.6 is 23.6 Å². The minimum atomic E-state index is -0.308. The average Bonchev–Trinajstić information content (AvgIpc) is 3.21. The minimum absolute atomic E-state index is 0.0295. The summed E-state index contributed by atoms with van der Waals surface area (Å²) < 4.78 is 5.64. The molecule has 0 aliphatic carbocycles. The number of ether oxygens (including phenoxy) is 1. The summed E-state index contributed by atoms with van der Waals surface area (Å²) in [5.41, 5.74) is 2.38. The highest BCUT2D eigenvalue weighted by Crippen LogP contribution is 2.30. The highest BCUT2D eigenvalue weighted by atomic mass is 32.1. The van der Waals surface area contributed by atoms with Gasteiger partial charge in [-0.2, -0.15) is 0 Å². The molecule has 0 unspecified atom stereocenters. The van der Waals surface area contributed by atoms with Gasteiger partial charge in [0, 0.05) is 16.5 Å². The normalized spacial score (nSPS) is 10.8. The molecule has 0 aliphatic rings. The monoisotopic (exact) mass is 447 g/mol. The van der Waals surface area contributed by atoms with E-state index in [9.17, 15) is 4.79 Å². The molecule has 4 rings (SSSR count). The molecule has 0 fully saturated rings. The Hall–Kier alpha value is -3.29. The van der Waals surface area contributed by atoms with Gasteiger partial charge in [-0.3, -0.25) is 10.1 Å². The Morgan fingerprint density at radius 2 is 1.84 bits per heavy atom. The highest BCUT2D eigenvalue weighted by molar-refractivity contribution is 7.80. The van der Waals surface area contributed by atoms with Crippen LogP contribution in [0.25, 0.3) is 22.0 Å². The SMILES string of the molecule is CC(C)Oc1cccc(C(=O)NC(=S)Nc2nc(-c3cccc4ccccc34)cs2)c1. The van der Waals surface area contributed by atoms with Gasteiger partial charge < -0.3 is 10.1 Å². The summed E-state index contributed by atoms with van der Waals surface area (Å²) in [6, 6.07) is 21.4. The van der Waals surface area contributed by atoms with Crippen LogP contribution in [0, 0.1) is 0 Å². The van der Waals surface area contributed by atoms with Crippen molar-refractivity contribution in [3.05, 3.63) is 77.7 Å². The number of nitrogens with one attached hydrogen (secondary N) is 2. The Morgan fingerprint density at radius 3 is 2.68 bits per heavy atom. The van der Waals surface area contributed by atoms with Gasteiger partial charge in [0.2, 0.25) is 0 Å². The summed E-state index contributed by atoms with van der Waals surface area (Å²) in [4.78, 5) is 17.2. The molecule has 2 N–H and O–H groups in total. The second kappa shape index (κ2) is 9.24. The summed E-state index contributed by atoms with van der Waals surface area (Å²) in [6.45, 7) is 3.87. The zero-order valence-corrected chi connectivity index (χ0v) is 18.7. The van der Waals surface area contributed by atoms with Gasteiger partial charge in [0.25, 0.3) is 5.91 Å². The van der Waals surface area contributed by atoms with Crippen molar-refractivity contribution in [2.24, 2.45) is 0 Å². The fraction of sp³-hybridized carbons (Fsp3) is 0.125. The quantitative estimate of drug-likeness (QED) is 0.374. The van der Waals surface area contributed by atoms with E-state index in [-0.39, 0.29) is 17.1 Å². The third-order valence-corrected chi connectivity index (χ3v) is 5.45. The van der Waals surface area contributed by atoms with E-state index in [4.69, 9.17) is 17.0 Å². The van der Waals surface area contributed by atoms with Gasteiger partial charge in [0.05, 0.1) is 11.8 Å². The number of carbonyl (C=O) groups excluding carboxylic acids is 1. The van der Waals surface area contributed by atoms with E-state index in [0.717, 1.165) is 22.0 Å². The first-order valence-electron chi connectivity index (χ1n) is 9.82. The molecule has 7 heteroatoms. The van der Waals surface area contributed by atoms with E-state index in [1.807, 2.05) is 49.6 Å². The smallest absolute Gasteiger partial charge is 0.257 e. The fourth-order valence-corrected chi connectivity index (χ4v) is 4.16. The minimum Gasteiger partial charge on any atom is -0.491 e. The summed E-state index contributed by atoms with van der Waals surface area (Å²) in [7, 11) is 0. The predicted molar refractivity (Wildman–Crippen MR) is 131 cm³/mol. The van der Waals surface area contributed by atoms with Crippen LogP contribution in [0.15, 0.2) is 72.1 Å². The molecule has 31 heavy (non-hydrogen) atoms. The lowest BCUT2D eigenvalue weighted by atomic mass is 10.0. The van der Waals surface area contributed by atoms with Gasteiger partial charge in [-0.15, -0.1) is 11.3 Å². The molecule has 4 aromatic rings. The number of amides is 1.